The van der Waals surface area contributed by atoms with Gasteiger partial charge in [-0.25, -0.2) is 4.79 Å². The molecule has 0 atom stereocenters. The van der Waals surface area contributed by atoms with Gasteiger partial charge in [-0.3, -0.25) is 0 Å². The van der Waals surface area contributed by atoms with Gasteiger partial charge >= 0.3 is 5.97 Å². The molecule has 1 rings (SSSR count). The normalized spacial score (nSPS) is 12.3. The Labute approximate surface area is 122 Å². The first-order valence-corrected chi connectivity index (χ1v) is 7.06. The largest absolute Gasteiger partial charge is 0.593 e. The summed E-state index contributed by atoms with van der Waals surface area (Å²) in [5.74, 6) is 0.210. The lowest BCUT2D eigenvalue weighted by Crippen LogP contribution is -2.19. The van der Waals surface area contributed by atoms with Crippen LogP contribution in [0.5, 0.6) is 5.75 Å². The zero-order valence-electron chi connectivity index (χ0n) is 13.7. The Morgan fingerprint density at radius 1 is 1.05 bits per heavy atom. The fourth-order valence-electron chi connectivity index (χ4n) is 2.16. The number of esters is 1. The highest BCUT2D eigenvalue weighted by Crippen LogP contribution is 2.39. The number of ether oxygens (including phenoxy) is 1. The molecule has 1 aromatic carbocycles. The zero-order valence-corrected chi connectivity index (χ0v) is 13.7. The quantitative estimate of drug-likeness (QED) is 0.609. The summed E-state index contributed by atoms with van der Waals surface area (Å²) in [7, 11) is 0. The van der Waals surface area contributed by atoms with Crippen molar-refractivity contribution in [3.05, 3.63) is 28.8 Å². The average molecular weight is 279 g/mol. The second-order valence-electron chi connectivity index (χ2n) is 7.17. The first kappa shape index (κ1) is 16.5. The predicted molar refractivity (Wildman–Crippen MR) is 82.9 cm³/mol. The van der Waals surface area contributed by atoms with Gasteiger partial charge in [0.2, 0.25) is 0 Å². The minimum absolute atomic E-state index is 0.181. The molecule has 0 aliphatic carbocycles. The van der Waals surface area contributed by atoms with Crippen molar-refractivity contribution < 1.29 is 14.6 Å². The van der Waals surface area contributed by atoms with E-state index in [2.05, 4.69) is 41.5 Å². The van der Waals surface area contributed by atoms with Gasteiger partial charge in [-0.1, -0.05) is 41.5 Å². The molecule has 112 valence electrons. The maximum Gasteiger partial charge on any atom is 0.338 e. The van der Waals surface area contributed by atoms with Gasteiger partial charge in [-0.2, -0.15) is 0 Å². The number of benzene rings is 1. The van der Waals surface area contributed by atoms with Gasteiger partial charge in [0.05, 0.1) is 23.3 Å². The Hall–Kier alpha value is -1.51. The molecule has 0 saturated carbocycles. The van der Waals surface area contributed by atoms with E-state index in [9.17, 15) is 4.79 Å². The summed E-state index contributed by atoms with van der Waals surface area (Å²) in [6.45, 7) is 14.5. The third kappa shape index (κ3) is 3.53. The highest BCUT2D eigenvalue weighted by molar-refractivity contribution is 5.90. The number of carbonyl (C=O) groups excluding carboxylic acids is 1. The Kier molecular flexibility index (Phi) is 4.52. The summed E-state index contributed by atoms with van der Waals surface area (Å²) < 4.78 is 5.10. The van der Waals surface area contributed by atoms with Crippen molar-refractivity contribution in [1.29, 1.82) is 0 Å². The molecule has 0 spiro atoms. The standard InChI is InChI=1S/C17H26O3/c1-8-20-15(19)11-9-12(16(2,3)4)14(18)13(10-11)17(5,6)7/h9-10,18H,8H2,1-7H3/p+1. The molecule has 1 aromatic rings. The average Bonchev–Trinajstić information content (AvgIpc) is 2.26. The first-order valence-electron chi connectivity index (χ1n) is 7.06. The summed E-state index contributed by atoms with van der Waals surface area (Å²) >= 11 is 0. The zero-order chi connectivity index (χ0) is 15.7. The smallest absolute Gasteiger partial charge is 0.338 e. The van der Waals surface area contributed by atoms with Crippen molar-refractivity contribution >= 4 is 5.97 Å². The molecule has 0 amide bonds. The molecule has 0 saturated heterocycles. The Bertz CT molecular complexity index is 467. The second-order valence-corrected chi connectivity index (χ2v) is 7.17. The van der Waals surface area contributed by atoms with Crippen molar-refractivity contribution in [2.45, 2.75) is 59.3 Å². The van der Waals surface area contributed by atoms with Crippen LogP contribution in [-0.2, 0) is 15.6 Å². The number of rotatable bonds is 2. The fourth-order valence-corrected chi connectivity index (χ4v) is 2.16. The molecule has 0 aliphatic heterocycles. The van der Waals surface area contributed by atoms with Crippen molar-refractivity contribution in [1.82, 2.24) is 0 Å². The third-order valence-corrected chi connectivity index (χ3v) is 3.27. The minimum Gasteiger partial charge on any atom is -0.593 e. The van der Waals surface area contributed by atoms with Crippen LogP contribution in [0.15, 0.2) is 12.1 Å². The molecule has 0 fully saturated rings. The summed E-state index contributed by atoms with van der Waals surface area (Å²) in [5.41, 5.74) is 1.94. The van der Waals surface area contributed by atoms with Crippen LogP contribution in [0.1, 0.15) is 70.0 Å². The molecule has 0 heterocycles. The first-order chi connectivity index (χ1) is 8.98. The minimum atomic E-state index is -0.316. The van der Waals surface area contributed by atoms with Gasteiger partial charge in [-0.05, 0) is 29.9 Å². The molecule has 3 nitrogen and oxygen atoms in total. The van der Waals surface area contributed by atoms with Gasteiger partial charge in [0.15, 0.2) is 0 Å². The van der Waals surface area contributed by atoms with E-state index in [0.717, 1.165) is 11.1 Å². The van der Waals surface area contributed by atoms with E-state index in [1.165, 1.54) is 0 Å². The van der Waals surface area contributed by atoms with Crippen LogP contribution in [0.25, 0.3) is 0 Å². The molecule has 0 aromatic heterocycles. The maximum atomic E-state index is 12.0. The summed E-state index contributed by atoms with van der Waals surface area (Å²) in [6.07, 6.45) is 0. The highest BCUT2D eigenvalue weighted by Gasteiger charge is 2.31. The molecular formula is C17H27O3+. The van der Waals surface area contributed by atoms with Gasteiger partial charge in [0.1, 0.15) is 0 Å². The van der Waals surface area contributed by atoms with E-state index in [1.54, 1.807) is 19.1 Å². The maximum absolute atomic E-state index is 12.0. The van der Waals surface area contributed by atoms with Gasteiger partial charge in [0, 0.05) is 0 Å². The van der Waals surface area contributed by atoms with E-state index < -0.39 is 0 Å². The van der Waals surface area contributed by atoms with Gasteiger partial charge < -0.3 is 9.84 Å². The van der Waals surface area contributed by atoms with Crippen LogP contribution in [0, 0.1) is 0 Å². The summed E-state index contributed by atoms with van der Waals surface area (Å²) in [6, 6.07) is 3.60. The topological polar surface area (TPSA) is 49.2 Å². The van der Waals surface area contributed by atoms with Crippen LogP contribution in [-0.4, -0.2) is 17.7 Å². The molecule has 2 N–H and O–H groups in total. The summed E-state index contributed by atoms with van der Waals surface area (Å²) in [5, 5.41) is 8.45. The fraction of sp³-hybridized carbons (Fsp3) is 0.588. The summed E-state index contributed by atoms with van der Waals surface area (Å²) in [4.78, 5) is 12.0. The van der Waals surface area contributed by atoms with E-state index >= 15 is 0 Å². The van der Waals surface area contributed by atoms with Crippen molar-refractivity contribution in [3.63, 3.8) is 0 Å². The monoisotopic (exact) mass is 279 g/mol. The van der Waals surface area contributed by atoms with E-state index in [0.29, 0.717) is 17.9 Å². The van der Waals surface area contributed by atoms with Crippen LogP contribution in [0.3, 0.4) is 0 Å². The SMILES string of the molecule is CCOC(=O)c1cc(C(C)(C)C)c([OH2+])c(C(C)(C)C)c1. The molecule has 0 bridgehead atoms. The third-order valence-electron chi connectivity index (χ3n) is 3.27. The van der Waals surface area contributed by atoms with E-state index in [1.807, 2.05) is 0 Å². The van der Waals surface area contributed by atoms with E-state index in [4.69, 9.17) is 9.84 Å². The van der Waals surface area contributed by atoms with Crippen LogP contribution in [0.4, 0.5) is 0 Å². The van der Waals surface area contributed by atoms with Gasteiger partial charge in [-0.15, -0.1) is 0 Å². The van der Waals surface area contributed by atoms with Crippen LogP contribution in [0.2, 0.25) is 0 Å². The Balaban J connectivity index is 3.55. The second kappa shape index (κ2) is 5.47. The number of hydrogen-bond donors (Lipinski definition) is 0. The Morgan fingerprint density at radius 3 is 1.75 bits per heavy atom. The molecule has 3 heteroatoms. The predicted octanol–water partition coefficient (Wildman–Crippen LogP) is 3.90. The van der Waals surface area contributed by atoms with E-state index in [-0.39, 0.29) is 16.8 Å². The van der Waals surface area contributed by atoms with Crippen LogP contribution < -0.4 is 0 Å². The lowest BCUT2D eigenvalue weighted by atomic mass is 9.78. The molecular weight excluding hydrogens is 252 g/mol. The van der Waals surface area contributed by atoms with Crippen molar-refractivity contribution in [3.8, 4) is 5.75 Å². The molecule has 0 unspecified atom stereocenters. The molecule has 0 radical (unpaired) electrons. The number of hydrogen-bond acceptors (Lipinski definition) is 2. The lowest BCUT2D eigenvalue weighted by molar-refractivity contribution is 0.0526. The Morgan fingerprint density at radius 2 is 1.45 bits per heavy atom. The number of carbonyl (C=O) groups is 1. The lowest BCUT2D eigenvalue weighted by Gasteiger charge is -2.25. The van der Waals surface area contributed by atoms with Crippen molar-refractivity contribution in [2.24, 2.45) is 0 Å². The molecule has 20 heavy (non-hydrogen) atoms. The van der Waals surface area contributed by atoms with Gasteiger partial charge in [0.25, 0.3) is 5.75 Å². The van der Waals surface area contributed by atoms with Crippen molar-refractivity contribution in [2.75, 3.05) is 6.61 Å². The molecule has 0 aliphatic rings. The highest BCUT2D eigenvalue weighted by atomic mass is 16.5. The van der Waals surface area contributed by atoms with Crippen LogP contribution >= 0.6 is 0 Å².